The molecule has 0 aliphatic carbocycles. The Bertz CT molecular complexity index is 163. The summed E-state index contributed by atoms with van der Waals surface area (Å²) in [6.45, 7) is 6.25. The first-order valence-electron chi connectivity index (χ1n) is 4.06. The van der Waals surface area contributed by atoms with Crippen LogP contribution >= 0.6 is 0 Å². The Kier molecular flexibility index (Phi) is 2.49. The highest BCUT2D eigenvalue weighted by atomic mass is 16.3. The van der Waals surface area contributed by atoms with Crippen molar-refractivity contribution in [2.24, 2.45) is 10.4 Å². The summed E-state index contributed by atoms with van der Waals surface area (Å²) in [5.74, 6) is 1.05. The lowest BCUT2D eigenvalue weighted by atomic mass is 9.88. The SMILES string of the molecule is CC(C)(CCO)C1=NCCN1. The van der Waals surface area contributed by atoms with E-state index in [1.54, 1.807) is 0 Å². The summed E-state index contributed by atoms with van der Waals surface area (Å²) >= 11 is 0. The molecular weight excluding hydrogens is 140 g/mol. The number of amidine groups is 1. The zero-order valence-corrected chi connectivity index (χ0v) is 7.22. The fourth-order valence-electron chi connectivity index (χ4n) is 1.25. The third-order valence-electron chi connectivity index (χ3n) is 2.05. The van der Waals surface area contributed by atoms with E-state index in [2.05, 4.69) is 24.2 Å². The van der Waals surface area contributed by atoms with Gasteiger partial charge in [0, 0.05) is 18.6 Å². The van der Waals surface area contributed by atoms with Gasteiger partial charge in [-0.15, -0.1) is 0 Å². The van der Waals surface area contributed by atoms with Crippen LogP contribution in [0.2, 0.25) is 0 Å². The van der Waals surface area contributed by atoms with Crippen molar-refractivity contribution in [2.75, 3.05) is 19.7 Å². The van der Waals surface area contributed by atoms with Gasteiger partial charge in [0.15, 0.2) is 0 Å². The standard InChI is InChI=1S/C8H16N2O/c1-8(2,3-6-11)7-9-4-5-10-7/h11H,3-6H2,1-2H3,(H,9,10). The predicted molar refractivity (Wildman–Crippen MR) is 45.8 cm³/mol. The maximum Gasteiger partial charge on any atom is 0.102 e. The molecule has 1 aliphatic heterocycles. The van der Waals surface area contributed by atoms with E-state index in [0.29, 0.717) is 0 Å². The lowest BCUT2D eigenvalue weighted by Gasteiger charge is -2.23. The minimum atomic E-state index is 0.0191. The summed E-state index contributed by atoms with van der Waals surface area (Å²) in [7, 11) is 0. The number of aliphatic hydroxyl groups excluding tert-OH is 1. The molecule has 0 aromatic rings. The lowest BCUT2D eigenvalue weighted by molar-refractivity contribution is 0.248. The van der Waals surface area contributed by atoms with Crippen LogP contribution in [-0.4, -0.2) is 30.6 Å². The Morgan fingerprint density at radius 3 is 2.82 bits per heavy atom. The zero-order chi connectivity index (χ0) is 8.32. The van der Waals surface area contributed by atoms with Crippen LogP contribution in [0.25, 0.3) is 0 Å². The van der Waals surface area contributed by atoms with Crippen LogP contribution in [0.4, 0.5) is 0 Å². The molecule has 11 heavy (non-hydrogen) atoms. The number of hydrogen-bond acceptors (Lipinski definition) is 3. The molecule has 1 heterocycles. The minimum Gasteiger partial charge on any atom is -0.396 e. The second kappa shape index (κ2) is 3.22. The highest BCUT2D eigenvalue weighted by molar-refractivity contribution is 5.88. The molecule has 0 fully saturated rings. The molecular formula is C8H16N2O. The maximum absolute atomic E-state index is 8.78. The number of aliphatic imine (C=N–C) groups is 1. The Hall–Kier alpha value is -0.570. The molecule has 1 aliphatic rings. The first-order chi connectivity index (χ1) is 5.17. The number of aliphatic hydroxyl groups is 1. The first-order valence-corrected chi connectivity index (χ1v) is 4.06. The van der Waals surface area contributed by atoms with Gasteiger partial charge in [-0.2, -0.15) is 0 Å². The highest BCUT2D eigenvalue weighted by Gasteiger charge is 2.25. The Balaban J connectivity index is 2.55. The van der Waals surface area contributed by atoms with Crippen LogP contribution in [0.15, 0.2) is 4.99 Å². The van der Waals surface area contributed by atoms with Gasteiger partial charge in [0.1, 0.15) is 5.84 Å². The van der Waals surface area contributed by atoms with Crippen molar-refractivity contribution in [3.63, 3.8) is 0 Å². The van der Waals surface area contributed by atoms with Crippen molar-refractivity contribution in [2.45, 2.75) is 20.3 Å². The van der Waals surface area contributed by atoms with E-state index in [1.807, 2.05) is 0 Å². The van der Waals surface area contributed by atoms with Crippen molar-refractivity contribution in [1.82, 2.24) is 5.32 Å². The van der Waals surface area contributed by atoms with Crippen LogP contribution in [0.3, 0.4) is 0 Å². The molecule has 3 nitrogen and oxygen atoms in total. The van der Waals surface area contributed by atoms with E-state index >= 15 is 0 Å². The fraction of sp³-hybridized carbons (Fsp3) is 0.875. The highest BCUT2D eigenvalue weighted by Crippen LogP contribution is 2.21. The van der Waals surface area contributed by atoms with E-state index in [1.165, 1.54) is 0 Å². The molecule has 0 radical (unpaired) electrons. The van der Waals surface area contributed by atoms with Crippen molar-refractivity contribution in [3.05, 3.63) is 0 Å². The molecule has 0 amide bonds. The summed E-state index contributed by atoms with van der Waals surface area (Å²) in [6, 6.07) is 0. The quantitative estimate of drug-likeness (QED) is 0.621. The van der Waals surface area contributed by atoms with Gasteiger partial charge in [-0.1, -0.05) is 13.8 Å². The first kappa shape index (κ1) is 8.53. The molecule has 0 saturated carbocycles. The van der Waals surface area contributed by atoms with Crippen LogP contribution < -0.4 is 5.32 Å². The molecule has 0 saturated heterocycles. The van der Waals surface area contributed by atoms with E-state index in [0.717, 1.165) is 25.3 Å². The number of hydrogen-bond donors (Lipinski definition) is 2. The van der Waals surface area contributed by atoms with Gasteiger partial charge >= 0.3 is 0 Å². The van der Waals surface area contributed by atoms with Crippen LogP contribution in [-0.2, 0) is 0 Å². The molecule has 2 N–H and O–H groups in total. The average molecular weight is 156 g/mol. The second-order valence-corrected chi connectivity index (χ2v) is 3.51. The van der Waals surface area contributed by atoms with Crippen molar-refractivity contribution in [3.8, 4) is 0 Å². The Morgan fingerprint density at radius 2 is 2.36 bits per heavy atom. The molecule has 0 bridgehead atoms. The monoisotopic (exact) mass is 156 g/mol. The predicted octanol–water partition coefficient (Wildman–Crippen LogP) is 0.397. The normalized spacial score (nSPS) is 17.9. The molecule has 0 aromatic carbocycles. The summed E-state index contributed by atoms with van der Waals surface area (Å²) < 4.78 is 0. The number of nitrogens with one attached hydrogen (secondary N) is 1. The lowest BCUT2D eigenvalue weighted by Crippen LogP contribution is -2.34. The van der Waals surface area contributed by atoms with Gasteiger partial charge in [0.2, 0.25) is 0 Å². The van der Waals surface area contributed by atoms with E-state index in [4.69, 9.17) is 5.11 Å². The summed E-state index contributed by atoms with van der Waals surface area (Å²) in [4.78, 5) is 4.32. The molecule has 64 valence electrons. The molecule has 0 aromatic heterocycles. The molecule has 1 rings (SSSR count). The number of nitrogens with zero attached hydrogens (tertiary/aromatic N) is 1. The fourth-order valence-corrected chi connectivity index (χ4v) is 1.25. The van der Waals surface area contributed by atoms with Crippen molar-refractivity contribution >= 4 is 5.84 Å². The third-order valence-corrected chi connectivity index (χ3v) is 2.05. The summed E-state index contributed by atoms with van der Waals surface area (Å²) in [5, 5.41) is 12.0. The van der Waals surface area contributed by atoms with E-state index in [-0.39, 0.29) is 12.0 Å². The average Bonchev–Trinajstić information content (AvgIpc) is 2.37. The topological polar surface area (TPSA) is 44.6 Å². The van der Waals surface area contributed by atoms with Crippen molar-refractivity contribution in [1.29, 1.82) is 0 Å². The van der Waals surface area contributed by atoms with Gasteiger partial charge in [-0.3, -0.25) is 4.99 Å². The van der Waals surface area contributed by atoms with E-state index in [9.17, 15) is 0 Å². The van der Waals surface area contributed by atoms with Gasteiger partial charge in [0.05, 0.1) is 6.54 Å². The smallest absolute Gasteiger partial charge is 0.102 e. The van der Waals surface area contributed by atoms with Crippen molar-refractivity contribution < 1.29 is 5.11 Å². The third kappa shape index (κ3) is 1.93. The van der Waals surface area contributed by atoms with Crippen LogP contribution in [0, 0.1) is 5.41 Å². The second-order valence-electron chi connectivity index (χ2n) is 3.51. The largest absolute Gasteiger partial charge is 0.396 e. The van der Waals surface area contributed by atoms with Crippen LogP contribution in [0.1, 0.15) is 20.3 Å². The van der Waals surface area contributed by atoms with Crippen LogP contribution in [0.5, 0.6) is 0 Å². The number of rotatable bonds is 3. The molecule has 0 spiro atoms. The summed E-state index contributed by atoms with van der Waals surface area (Å²) in [5.41, 5.74) is 0.0191. The van der Waals surface area contributed by atoms with Gasteiger partial charge in [0.25, 0.3) is 0 Å². The molecule has 0 atom stereocenters. The molecule has 0 unspecified atom stereocenters. The minimum absolute atomic E-state index is 0.0191. The van der Waals surface area contributed by atoms with E-state index < -0.39 is 0 Å². The molecule has 3 heteroatoms. The van der Waals surface area contributed by atoms with Gasteiger partial charge < -0.3 is 10.4 Å². The van der Waals surface area contributed by atoms with Gasteiger partial charge in [-0.25, -0.2) is 0 Å². The maximum atomic E-state index is 8.78. The Morgan fingerprint density at radius 1 is 1.64 bits per heavy atom. The van der Waals surface area contributed by atoms with Gasteiger partial charge in [-0.05, 0) is 6.42 Å². The summed E-state index contributed by atoms with van der Waals surface area (Å²) in [6.07, 6.45) is 0.777. The Labute approximate surface area is 67.5 Å². The zero-order valence-electron chi connectivity index (χ0n) is 7.22.